The average Bonchev–Trinajstić information content (AvgIpc) is 2.76. The number of rotatable bonds is 8. The lowest BCUT2D eigenvalue weighted by Gasteiger charge is -2.30. The fourth-order valence-electron chi connectivity index (χ4n) is 3.31. The highest BCUT2D eigenvalue weighted by molar-refractivity contribution is 7.86. The van der Waals surface area contributed by atoms with E-state index in [1.165, 1.54) is 24.0 Å². The van der Waals surface area contributed by atoms with E-state index in [9.17, 15) is 40.6 Å². The van der Waals surface area contributed by atoms with E-state index in [1.807, 2.05) is 0 Å². The Morgan fingerprint density at radius 1 is 0.972 bits per heavy atom. The number of nitrogens with zero attached hydrogens (tertiary/aromatic N) is 3. The van der Waals surface area contributed by atoms with Gasteiger partial charge in [0.15, 0.2) is 0 Å². The van der Waals surface area contributed by atoms with Gasteiger partial charge in [-0.05, 0) is 31.2 Å². The number of azo groups is 1. The number of carbonyl (C=O) groups excluding carboxylic acids is 2. The Labute approximate surface area is 206 Å². The summed E-state index contributed by atoms with van der Waals surface area (Å²) in [6, 6.07) is 5.22. The number of aromatic hydroxyl groups is 1. The van der Waals surface area contributed by atoms with Gasteiger partial charge in [0.05, 0.1) is 25.3 Å². The Kier molecular flexibility index (Phi) is 8.05. The molecule has 1 aliphatic rings. The maximum absolute atomic E-state index is 12.0. The number of carbonyl (C=O) groups is 2. The van der Waals surface area contributed by atoms with Crippen LogP contribution in [0.2, 0.25) is 0 Å². The van der Waals surface area contributed by atoms with E-state index in [1.54, 1.807) is 0 Å². The number of phenolic OH excluding ortho intramolecular Hbond substituents is 1. The molecule has 194 valence electrons. The smallest absolute Gasteiger partial charge is 0.296 e. The molecule has 1 amide bonds. The van der Waals surface area contributed by atoms with Crippen molar-refractivity contribution in [1.82, 2.24) is 0 Å². The van der Waals surface area contributed by atoms with Crippen LogP contribution in [0.25, 0.3) is 0 Å². The number of hydrogen-bond acceptors (Lipinski definition) is 11. The first-order valence-electron chi connectivity index (χ1n) is 10.3. The van der Waals surface area contributed by atoms with Gasteiger partial charge in [0, 0.05) is 24.8 Å². The highest BCUT2D eigenvalue weighted by Crippen LogP contribution is 2.38. The SMILES string of the molecule is CC(=O)CC(=O)Nc1ccc(N=Nc2cc(S(=O)(=O)O)c(N3CCOCC3)cc2S(=O)(=O)O)c(O)c1. The summed E-state index contributed by atoms with van der Waals surface area (Å²) in [4.78, 5) is 22.7. The van der Waals surface area contributed by atoms with Gasteiger partial charge in [-0.1, -0.05) is 0 Å². The number of ether oxygens (including phenoxy) is 1. The number of amides is 1. The van der Waals surface area contributed by atoms with Gasteiger partial charge < -0.3 is 20.1 Å². The third-order valence-electron chi connectivity index (χ3n) is 4.88. The average molecular weight is 543 g/mol. The van der Waals surface area contributed by atoms with Crippen LogP contribution in [0.5, 0.6) is 5.75 Å². The molecule has 14 nitrogen and oxygen atoms in total. The van der Waals surface area contributed by atoms with Crippen LogP contribution in [0.4, 0.5) is 22.7 Å². The van der Waals surface area contributed by atoms with Gasteiger partial charge in [-0.25, -0.2) is 0 Å². The van der Waals surface area contributed by atoms with Gasteiger partial charge in [0.1, 0.15) is 32.7 Å². The molecule has 1 heterocycles. The van der Waals surface area contributed by atoms with E-state index in [0.717, 1.165) is 18.2 Å². The summed E-state index contributed by atoms with van der Waals surface area (Å²) in [6.45, 7) is 2.06. The Morgan fingerprint density at radius 3 is 2.14 bits per heavy atom. The highest BCUT2D eigenvalue weighted by atomic mass is 32.2. The normalized spacial score (nSPS) is 14.7. The summed E-state index contributed by atoms with van der Waals surface area (Å²) in [7, 11) is -9.79. The minimum absolute atomic E-state index is 0.139. The Hall–Kier alpha value is -3.44. The molecule has 0 spiro atoms. The van der Waals surface area contributed by atoms with Crippen molar-refractivity contribution in [2.75, 3.05) is 36.5 Å². The fraction of sp³-hybridized carbons (Fsp3) is 0.300. The molecular formula is C20H22N4O10S2. The first-order chi connectivity index (χ1) is 16.8. The second-order valence-electron chi connectivity index (χ2n) is 7.67. The van der Waals surface area contributed by atoms with Crippen molar-refractivity contribution in [3.63, 3.8) is 0 Å². The van der Waals surface area contributed by atoms with Crippen LogP contribution in [0.3, 0.4) is 0 Å². The fourth-order valence-corrected chi connectivity index (χ4v) is 4.64. The molecule has 1 saturated heterocycles. The quantitative estimate of drug-likeness (QED) is 0.215. The van der Waals surface area contributed by atoms with Crippen LogP contribution < -0.4 is 10.2 Å². The lowest BCUT2D eigenvalue weighted by Crippen LogP contribution is -2.37. The van der Waals surface area contributed by atoms with Crippen LogP contribution >= 0.6 is 0 Å². The lowest BCUT2D eigenvalue weighted by atomic mass is 10.2. The van der Waals surface area contributed by atoms with Crippen molar-refractivity contribution in [3.8, 4) is 5.75 Å². The summed E-state index contributed by atoms with van der Waals surface area (Å²) in [6.07, 6.45) is -0.364. The van der Waals surface area contributed by atoms with Crippen molar-refractivity contribution in [3.05, 3.63) is 30.3 Å². The molecule has 4 N–H and O–H groups in total. The van der Waals surface area contributed by atoms with Gasteiger partial charge >= 0.3 is 0 Å². The maximum Gasteiger partial charge on any atom is 0.296 e. The predicted octanol–water partition coefficient (Wildman–Crippen LogP) is 2.06. The van der Waals surface area contributed by atoms with Crippen molar-refractivity contribution in [1.29, 1.82) is 0 Å². The van der Waals surface area contributed by atoms with Gasteiger partial charge in [-0.15, -0.1) is 10.2 Å². The number of Topliss-reactive ketones (excluding diaryl/α,β-unsaturated/α-hetero) is 1. The van der Waals surface area contributed by atoms with Crippen LogP contribution in [-0.2, 0) is 34.6 Å². The van der Waals surface area contributed by atoms with Gasteiger partial charge in [-0.2, -0.15) is 16.8 Å². The Morgan fingerprint density at radius 2 is 1.58 bits per heavy atom. The zero-order valence-corrected chi connectivity index (χ0v) is 20.4. The number of ketones is 1. The van der Waals surface area contributed by atoms with E-state index in [4.69, 9.17) is 4.74 Å². The standard InChI is InChI=1S/C20H22N4O10S2/c1-12(25)8-20(27)21-13-2-3-14(17(26)9-13)22-23-15-10-19(36(31,32)33)16(11-18(15)35(28,29)30)24-4-6-34-7-5-24/h2-3,9-11,26H,4-8H2,1H3,(H,21,27)(H,28,29,30)(H,31,32,33). The second-order valence-corrected chi connectivity index (χ2v) is 10.4. The van der Waals surface area contributed by atoms with Gasteiger partial charge in [-0.3, -0.25) is 18.7 Å². The van der Waals surface area contributed by atoms with Crippen LogP contribution in [0.1, 0.15) is 13.3 Å². The second kappa shape index (κ2) is 10.7. The summed E-state index contributed by atoms with van der Waals surface area (Å²) >= 11 is 0. The number of benzene rings is 2. The van der Waals surface area contributed by atoms with Crippen molar-refractivity contribution in [2.24, 2.45) is 10.2 Å². The van der Waals surface area contributed by atoms with E-state index in [2.05, 4.69) is 15.5 Å². The van der Waals surface area contributed by atoms with Crippen molar-refractivity contribution >= 4 is 54.7 Å². The number of morpholine rings is 1. The molecule has 0 saturated carbocycles. The third-order valence-corrected chi connectivity index (χ3v) is 6.65. The van der Waals surface area contributed by atoms with E-state index < -0.39 is 47.4 Å². The van der Waals surface area contributed by atoms with Crippen LogP contribution in [0, 0.1) is 0 Å². The third kappa shape index (κ3) is 6.82. The minimum atomic E-state index is -4.93. The van der Waals surface area contributed by atoms with Gasteiger partial charge in [0.2, 0.25) is 5.91 Å². The largest absolute Gasteiger partial charge is 0.506 e. The summed E-state index contributed by atoms with van der Waals surface area (Å²) < 4.78 is 72.8. The zero-order chi connectivity index (χ0) is 26.7. The van der Waals surface area contributed by atoms with Crippen molar-refractivity contribution in [2.45, 2.75) is 23.1 Å². The molecular weight excluding hydrogens is 520 g/mol. The molecule has 0 aliphatic carbocycles. The first kappa shape index (κ1) is 27.2. The van der Waals surface area contributed by atoms with Crippen LogP contribution in [-0.4, -0.2) is 69.0 Å². The molecule has 0 bridgehead atoms. The number of hydrogen-bond donors (Lipinski definition) is 4. The monoisotopic (exact) mass is 542 g/mol. The molecule has 2 aromatic carbocycles. The van der Waals surface area contributed by atoms with E-state index in [-0.39, 0.29) is 55.6 Å². The molecule has 2 aromatic rings. The molecule has 1 fully saturated rings. The molecule has 0 atom stereocenters. The molecule has 16 heteroatoms. The molecule has 3 rings (SSSR count). The highest BCUT2D eigenvalue weighted by Gasteiger charge is 2.28. The van der Waals surface area contributed by atoms with Crippen LogP contribution in [0.15, 0.2) is 50.4 Å². The molecule has 1 aliphatic heterocycles. The van der Waals surface area contributed by atoms with Gasteiger partial charge in [0.25, 0.3) is 20.2 Å². The topological polar surface area (TPSA) is 212 Å². The maximum atomic E-state index is 12.0. The zero-order valence-electron chi connectivity index (χ0n) is 18.8. The summed E-state index contributed by atoms with van der Waals surface area (Å²) in [5.74, 6) is -1.46. The number of phenols is 1. The van der Waals surface area contributed by atoms with E-state index in [0.29, 0.717) is 0 Å². The first-order valence-corrected chi connectivity index (χ1v) is 13.1. The molecule has 0 unspecified atom stereocenters. The minimum Gasteiger partial charge on any atom is -0.506 e. The Bertz CT molecular complexity index is 1430. The Balaban J connectivity index is 2.02. The molecule has 0 radical (unpaired) electrons. The van der Waals surface area contributed by atoms with Crippen molar-refractivity contribution < 1.29 is 45.4 Å². The number of nitrogens with one attached hydrogen (secondary N) is 1. The lowest BCUT2D eigenvalue weighted by molar-refractivity contribution is -0.124. The summed E-state index contributed by atoms with van der Waals surface area (Å²) in [5.41, 5.74) is -0.868. The van der Waals surface area contributed by atoms with E-state index >= 15 is 0 Å². The summed E-state index contributed by atoms with van der Waals surface area (Å²) in [5, 5.41) is 20.0. The molecule has 0 aromatic heterocycles. The number of anilines is 2. The molecule has 36 heavy (non-hydrogen) atoms. The predicted molar refractivity (Wildman–Crippen MR) is 125 cm³/mol.